The van der Waals surface area contributed by atoms with Crippen LogP contribution in [0.5, 0.6) is 0 Å². The molecule has 0 saturated carbocycles. The van der Waals surface area contributed by atoms with Gasteiger partial charge in [0.15, 0.2) is 11.8 Å². The molecule has 1 saturated heterocycles. The predicted octanol–water partition coefficient (Wildman–Crippen LogP) is 1.51. The summed E-state index contributed by atoms with van der Waals surface area (Å²) in [6.07, 6.45) is 1.74. The molecule has 2 aliphatic rings. The number of ether oxygens (including phenoxy) is 2. The number of aromatic carboxylic acids is 1. The summed E-state index contributed by atoms with van der Waals surface area (Å²) < 4.78 is 12.6. The summed E-state index contributed by atoms with van der Waals surface area (Å²) in [5.41, 5.74) is 2.84. The summed E-state index contributed by atoms with van der Waals surface area (Å²) in [5, 5.41) is 14.0. The Morgan fingerprint density at radius 1 is 1.21 bits per heavy atom. The van der Waals surface area contributed by atoms with Crippen LogP contribution in [0.2, 0.25) is 0 Å². The zero-order chi connectivity index (χ0) is 20.2. The molecule has 0 unspecified atom stereocenters. The molecule has 2 aromatic rings. The predicted molar refractivity (Wildman–Crippen MR) is 104 cm³/mol. The number of nitrogens with zero attached hydrogens (tertiary/aromatic N) is 3. The number of carbonyl (C=O) groups is 2. The van der Waals surface area contributed by atoms with Crippen LogP contribution in [0.3, 0.4) is 0 Å². The molecule has 1 aromatic heterocycles. The highest BCUT2D eigenvalue weighted by Gasteiger charge is 2.33. The largest absolute Gasteiger partial charge is 0.476 e. The number of aryl methyl sites for hydroxylation is 2. The minimum atomic E-state index is -1.06. The van der Waals surface area contributed by atoms with Crippen molar-refractivity contribution in [1.82, 2.24) is 14.7 Å². The third-order valence-corrected chi connectivity index (χ3v) is 5.42. The first kappa shape index (κ1) is 19.6. The van der Waals surface area contributed by atoms with E-state index in [2.05, 4.69) is 17.2 Å². The molecule has 0 bridgehead atoms. The van der Waals surface area contributed by atoms with Crippen LogP contribution in [0.1, 0.15) is 33.7 Å². The van der Waals surface area contributed by atoms with Crippen molar-refractivity contribution in [3.05, 3.63) is 52.8 Å². The molecule has 4 rings (SSSR count). The van der Waals surface area contributed by atoms with Gasteiger partial charge in [-0.1, -0.05) is 30.3 Å². The average molecular weight is 399 g/mol. The van der Waals surface area contributed by atoms with Gasteiger partial charge in [-0.05, 0) is 18.4 Å². The summed E-state index contributed by atoms with van der Waals surface area (Å²) in [5.74, 6) is -1.21. The molecule has 8 nitrogen and oxygen atoms in total. The van der Waals surface area contributed by atoms with E-state index in [-0.39, 0.29) is 24.8 Å². The fraction of sp³-hybridized carbons (Fsp3) is 0.476. The smallest absolute Gasteiger partial charge is 0.356 e. The van der Waals surface area contributed by atoms with Crippen LogP contribution >= 0.6 is 0 Å². The number of hydrogen-bond donors (Lipinski definition) is 1. The van der Waals surface area contributed by atoms with Gasteiger partial charge in [-0.2, -0.15) is 5.10 Å². The van der Waals surface area contributed by atoms with E-state index >= 15 is 0 Å². The van der Waals surface area contributed by atoms with E-state index in [0.29, 0.717) is 38.3 Å². The average Bonchev–Trinajstić information content (AvgIpc) is 3.13. The van der Waals surface area contributed by atoms with Crippen molar-refractivity contribution < 1.29 is 24.2 Å². The minimum Gasteiger partial charge on any atom is -0.476 e. The van der Waals surface area contributed by atoms with Crippen LogP contribution in [0.15, 0.2) is 30.3 Å². The number of carbonyl (C=O) groups excluding carboxylic acids is 1. The number of fused-ring (bicyclic) bond motifs is 1. The lowest BCUT2D eigenvalue weighted by atomic mass is 10.0. The van der Waals surface area contributed by atoms with E-state index in [1.165, 1.54) is 5.56 Å². The van der Waals surface area contributed by atoms with Crippen molar-refractivity contribution >= 4 is 11.9 Å². The molecule has 0 radical (unpaired) electrons. The van der Waals surface area contributed by atoms with Gasteiger partial charge >= 0.3 is 5.97 Å². The van der Waals surface area contributed by atoms with Gasteiger partial charge in [0.05, 0.1) is 19.8 Å². The lowest BCUT2D eigenvalue weighted by Crippen LogP contribution is -2.47. The fourth-order valence-corrected chi connectivity index (χ4v) is 3.95. The molecule has 29 heavy (non-hydrogen) atoms. The number of carboxylic acid groups (broad SMARTS) is 1. The summed E-state index contributed by atoms with van der Waals surface area (Å²) in [4.78, 5) is 26.1. The van der Waals surface area contributed by atoms with Gasteiger partial charge in [0.25, 0.3) is 5.91 Å². The zero-order valence-electron chi connectivity index (χ0n) is 16.2. The number of amides is 1. The minimum absolute atomic E-state index is 0.0398. The van der Waals surface area contributed by atoms with Gasteiger partial charge in [-0.3, -0.25) is 9.48 Å². The molecule has 154 valence electrons. The van der Waals surface area contributed by atoms with Gasteiger partial charge in [-0.15, -0.1) is 0 Å². The molecule has 1 fully saturated rings. The van der Waals surface area contributed by atoms with E-state index in [4.69, 9.17) is 9.47 Å². The quantitative estimate of drug-likeness (QED) is 0.792. The topological polar surface area (TPSA) is 93.9 Å². The standard InChI is InChI=1S/C21H25N3O5/c25-20(18-14-28-11-12-29-18)23-10-8-17-16(13-23)19(21(26)27)22-24(17)9-4-7-15-5-2-1-3-6-15/h1-3,5-6,18H,4,7-14H2,(H,26,27)/t18-/m0/s1. The molecule has 3 heterocycles. The van der Waals surface area contributed by atoms with E-state index in [1.54, 1.807) is 4.90 Å². The van der Waals surface area contributed by atoms with Gasteiger partial charge in [0.1, 0.15) is 0 Å². The Hall–Kier alpha value is -2.71. The Labute approximate surface area is 169 Å². The highest BCUT2D eigenvalue weighted by Crippen LogP contribution is 2.24. The maximum absolute atomic E-state index is 12.7. The Morgan fingerprint density at radius 2 is 2.03 bits per heavy atom. The summed E-state index contributed by atoms with van der Waals surface area (Å²) in [6.45, 7) is 2.55. The molecule has 0 spiro atoms. The van der Waals surface area contributed by atoms with Crippen LogP contribution < -0.4 is 0 Å². The van der Waals surface area contributed by atoms with Gasteiger partial charge in [0, 0.05) is 37.3 Å². The second-order valence-electron chi connectivity index (χ2n) is 7.34. The lowest BCUT2D eigenvalue weighted by molar-refractivity contribution is -0.158. The molecule has 1 amide bonds. The first-order chi connectivity index (χ1) is 14.1. The zero-order valence-corrected chi connectivity index (χ0v) is 16.2. The van der Waals surface area contributed by atoms with Crippen molar-refractivity contribution in [2.45, 2.75) is 38.5 Å². The first-order valence-corrected chi connectivity index (χ1v) is 9.97. The van der Waals surface area contributed by atoms with Gasteiger partial charge in [0.2, 0.25) is 0 Å². The highest BCUT2D eigenvalue weighted by molar-refractivity contribution is 5.88. The Balaban J connectivity index is 1.46. The van der Waals surface area contributed by atoms with E-state index in [0.717, 1.165) is 18.5 Å². The Bertz CT molecular complexity index is 874. The number of benzene rings is 1. The molecule has 1 atom stereocenters. The Morgan fingerprint density at radius 3 is 2.76 bits per heavy atom. The van der Waals surface area contributed by atoms with Crippen molar-refractivity contribution in [2.24, 2.45) is 0 Å². The van der Waals surface area contributed by atoms with Crippen molar-refractivity contribution in [2.75, 3.05) is 26.4 Å². The van der Waals surface area contributed by atoms with Crippen LogP contribution in [0.25, 0.3) is 0 Å². The molecule has 8 heteroatoms. The van der Waals surface area contributed by atoms with Crippen molar-refractivity contribution in [3.8, 4) is 0 Å². The summed E-state index contributed by atoms with van der Waals surface area (Å²) >= 11 is 0. The lowest BCUT2D eigenvalue weighted by Gasteiger charge is -2.32. The van der Waals surface area contributed by atoms with Crippen molar-refractivity contribution in [1.29, 1.82) is 0 Å². The highest BCUT2D eigenvalue weighted by atomic mass is 16.6. The number of rotatable bonds is 6. The van der Waals surface area contributed by atoms with Gasteiger partial charge < -0.3 is 19.5 Å². The van der Waals surface area contributed by atoms with E-state index in [1.807, 2.05) is 22.9 Å². The summed E-state index contributed by atoms with van der Waals surface area (Å²) in [7, 11) is 0. The van der Waals surface area contributed by atoms with Crippen LogP contribution in [-0.2, 0) is 40.2 Å². The maximum atomic E-state index is 12.7. The Kier molecular flexibility index (Phi) is 5.92. The van der Waals surface area contributed by atoms with Crippen LogP contribution in [0.4, 0.5) is 0 Å². The number of carboxylic acids is 1. The second kappa shape index (κ2) is 8.75. The first-order valence-electron chi connectivity index (χ1n) is 9.97. The fourth-order valence-electron chi connectivity index (χ4n) is 3.95. The molecular formula is C21H25N3O5. The molecule has 0 aliphatic carbocycles. The number of aromatic nitrogens is 2. The third-order valence-electron chi connectivity index (χ3n) is 5.42. The second-order valence-corrected chi connectivity index (χ2v) is 7.34. The normalized spacial score (nSPS) is 19.0. The van der Waals surface area contributed by atoms with Crippen molar-refractivity contribution in [3.63, 3.8) is 0 Å². The van der Waals surface area contributed by atoms with Crippen LogP contribution in [-0.4, -0.2) is 64.1 Å². The third kappa shape index (κ3) is 4.33. The van der Waals surface area contributed by atoms with E-state index < -0.39 is 12.1 Å². The van der Waals surface area contributed by atoms with Crippen LogP contribution in [0, 0.1) is 0 Å². The SMILES string of the molecule is O=C(O)c1nn(CCCc2ccccc2)c2c1CN(C(=O)[C@@H]1COCCO1)CC2. The van der Waals surface area contributed by atoms with Gasteiger partial charge in [-0.25, -0.2) is 4.79 Å². The molecule has 1 aromatic carbocycles. The molecule has 1 N–H and O–H groups in total. The number of hydrogen-bond acceptors (Lipinski definition) is 5. The molecule has 2 aliphatic heterocycles. The van der Waals surface area contributed by atoms with E-state index in [9.17, 15) is 14.7 Å². The summed E-state index contributed by atoms with van der Waals surface area (Å²) in [6, 6.07) is 10.2. The maximum Gasteiger partial charge on any atom is 0.356 e. The monoisotopic (exact) mass is 399 g/mol. The molecular weight excluding hydrogens is 374 g/mol.